The molecule has 0 saturated carbocycles. The van der Waals surface area contributed by atoms with Crippen molar-refractivity contribution in [3.8, 4) is 11.5 Å². The van der Waals surface area contributed by atoms with Crippen LogP contribution in [0.5, 0.6) is 11.5 Å². The molecule has 0 radical (unpaired) electrons. The molecule has 1 heterocycles. The van der Waals surface area contributed by atoms with Crippen molar-refractivity contribution >= 4 is 46.5 Å². The summed E-state index contributed by atoms with van der Waals surface area (Å²) in [5, 5.41) is 0.186. The number of nitrogens with zero attached hydrogens (tertiary/aromatic N) is 1. The summed E-state index contributed by atoms with van der Waals surface area (Å²) in [6, 6.07) is 11.9. The molecule has 0 unspecified atom stereocenters. The zero-order valence-electron chi connectivity index (χ0n) is 15.4. The number of primary amides is 1. The lowest BCUT2D eigenvalue weighted by molar-refractivity contribution is -0.123. The van der Waals surface area contributed by atoms with E-state index in [1.807, 2.05) is 0 Å². The molecular weight excluding hydrogens is 416 g/mol. The van der Waals surface area contributed by atoms with Crippen LogP contribution in [0, 0.1) is 0 Å². The molecule has 3 rings (SSSR count). The molecule has 2 aromatic rings. The number of benzene rings is 2. The highest BCUT2D eigenvalue weighted by Gasteiger charge is 2.35. The van der Waals surface area contributed by atoms with Crippen molar-refractivity contribution in [2.75, 3.05) is 13.7 Å². The molecular formula is C20H17ClN2O5S. The van der Waals surface area contributed by atoms with Crippen LogP contribution in [0.3, 0.4) is 0 Å². The van der Waals surface area contributed by atoms with Gasteiger partial charge in [0.15, 0.2) is 18.1 Å². The second kappa shape index (κ2) is 9.02. The van der Waals surface area contributed by atoms with Crippen LogP contribution < -0.4 is 15.2 Å². The molecule has 29 heavy (non-hydrogen) atoms. The van der Waals surface area contributed by atoms with Gasteiger partial charge in [-0.2, -0.15) is 0 Å². The lowest BCUT2D eigenvalue weighted by Gasteiger charge is -2.12. The molecule has 1 saturated heterocycles. The Balaban J connectivity index is 1.79. The van der Waals surface area contributed by atoms with E-state index in [4.69, 9.17) is 26.8 Å². The first-order valence-corrected chi connectivity index (χ1v) is 9.66. The molecule has 0 spiro atoms. The smallest absolute Gasteiger partial charge is 0.293 e. The van der Waals surface area contributed by atoms with E-state index in [0.29, 0.717) is 27.0 Å². The van der Waals surface area contributed by atoms with Crippen molar-refractivity contribution in [1.29, 1.82) is 0 Å². The summed E-state index contributed by atoms with van der Waals surface area (Å²) >= 11 is 6.83. The van der Waals surface area contributed by atoms with Gasteiger partial charge < -0.3 is 15.2 Å². The zero-order chi connectivity index (χ0) is 21.0. The molecule has 9 heteroatoms. The molecule has 2 N–H and O–H groups in total. The Morgan fingerprint density at radius 3 is 2.69 bits per heavy atom. The van der Waals surface area contributed by atoms with Crippen LogP contribution in [0.2, 0.25) is 5.02 Å². The van der Waals surface area contributed by atoms with Gasteiger partial charge >= 0.3 is 0 Å². The molecule has 150 valence electrons. The predicted molar refractivity (Wildman–Crippen MR) is 111 cm³/mol. The summed E-state index contributed by atoms with van der Waals surface area (Å²) in [4.78, 5) is 37.3. The summed E-state index contributed by atoms with van der Waals surface area (Å²) in [5.41, 5.74) is 6.48. The Morgan fingerprint density at radius 2 is 2.00 bits per heavy atom. The van der Waals surface area contributed by atoms with Gasteiger partial charge in [0.05, 0.1) is 18.6 Å². The largest absolute Gasteiger partial charge is 0.493 e. The average molecular weight is 433 g/mol. The summed E-state index contributed by atoms with van der Waals surface area (Å²) in [5.74, 6) is -0.270. The van der Waals surface area contributed by atoms with E-state index in [1.54, 1.807) is 48.5 Å². The van der Waals surface area contributed by atoms with Gasteiger partial charge in [0.25, 0.3) is 17.1 Å². The number of carbonyl (C=O) groups excluding carboxylic acids is 3. The molecule has 0 atom stereocenters. The van der Waals surface area contributed by atoms with Gasteiger partial charge in [-0.15, -0.1) is 0 Å². The first kappa shape index (κ1) is 20.8. The molecule has 1 aliphatic heterocycles. The van der Waals surface area contributed by atoms with Gasteiger partial charge in [0.1, 0.15) is 0 Å². The van der Waals surface area contributed by atoms with Crippen molar-refractivity contribution in [1.82, 2.24) is 4.90 Å². The Bertz CT molecular complexity index is 1010. The number of halogens is 1. The summed E-state index contributed by atoms with van der Waals surface area (Å²) in [7, 11) is 1.45. The molecule has 7 nitrogen and oxygen atoms in total. The highest BCUT2D eigenvalue weighted by molar-refractivity contribution is 8.18. The average Bonchev–Trinajstić information content (AvgIpc) is 2.94. The highest BCUT2D eigenvalue weighted by atomic mass is 35.5. The number of hydrogen-bond acceptors (Lipinski definition) is 6. The van der Waals surface area contributed by atoms with Crippen molar-refractivity contribution in [2.45, 2.75) is 6.54 Å². The van der Waals surface area contributed by atoms with Crippen molar-refractivity contribution in [2.24, 2.45) is 5.73 Å². The number of rotatable bonds is 7. The fraction of sp³-hybridized carbons (Fsp3) is 0.150. The van der Waals surface area contributed by atoms with Crippen LogP contribution in [-0.2, 0) is 16.1 Å². The number of ether oxygens (including phenoxy) is 2. The molecule has 0 aliphatic carbocycles. The van der Waals surface area contributed by atoms with Gasteiger partial charge in [-0.3, -0.25) is 19.3 Å². The number of thioether (sulfide) groups is 1. The van der Waals surface area contributed by atoms with Crippen molar-refractivity contribution in [3.05, 3.63) is 63.5 Å². The van der Waals surface area contributed by atoms with Gasteiger partial charge in [0, 0.05) is 5.02 Å². The van der Waals surface area contributed by atoms with Crippen LogP contribution in [0.4, 0.5) is 4.79 Å². The maximum atomic E-state index is 12.7. The quantitative estimate of drug-likeness (QED) is 0.673. The molecule has 1 aliphatic rings. The molecule has 2 aromatic carbocycles. The Labute approximate surface area is 176 Å². The van der Waals surface area contributed by atoms with E-state index in [9.17, 15) is 14.4 Å². The number of nitrogens with two attached hydrogens (primary N) is 1. The van der Waals surface area contributed by atoms with Gasteiger partial charge in [-0.1, -0.05) is 29.8 Å². The summed E-state index contributed by atoms with van der Waals surface area (Å²) in [6.45, 7) is -0.135. The lowest BCUT2D eigenvalue weighted by Crippen LogP contribution is -2.27. The third-order valence-corrected chi connectivity index (χ3v) is 5.10. The van der Waals surface area contributed by atoms with Crippen LogP contribution in [0.15, 0.2) is 47.4 Å². The number of hydrogen-bond donors (Lipinski definition) is 1. The Morgan fingerprint density at radius 1 is 1.21 bits per heavy atom. The molecule has 3 amide bonds. The standard InChI is InChI=1S/C20H17ClN2O5S/c1-27-16-8-12(5-6-15(16)28-11-18(22)24)9-17-19(25)23(20(26)29-17)10-13-3-2-4-14(21)7-13/h2-9H,10-11H2,1H3,(H2,22,24)/b17-9-. The highest BCUT2D eigenvalue weighted by Crippen LogP contribution is 2.35. The fourth-order valence-corrected chi connectivity index (χ4v) is 3.70. The van der Waals surface area contributed by atoms with E-state index in [-0.39, 0.29) is 24.3 Å². The van der Waals surface area contributed by atoms with Gasteiger partial charge in [0.2, 0.25) is 0 Å². The van der Waals surface area contributed by atoms with E-state index in [2.05, 4.69) is 0 Å². The Hall–Kier alpha value is -2.97. The van der Waals surface area contributed by atoms with Gasteiger partial charge in [-0.05, 0) is 53.2 Å². The molecule has 0 bridgehead atoms. The maximum absolute atomic E-state index is 12.7. The van der Waals surface area contributed by atoms with Crippen molar-refractivity contribution < 1.29 is 23.9 Å². The van der Waals surface area contributed by atoms with E-state index in [1.165, 1.54) is 12.0 Å². The second-order valence-electron chi connectivity index (χ2n) is 6.06. The minimum atomic E-state index is -0.607. The third-order valence-electron chi connectivity index (χ3n) is 3.96. The monoisotopic (exact) mass is 432 g/mol. The third kappa shape index (κ3) is 5.10. The fourth-order valence-electron chi connectivity index (χ4n) is 2.65. The Kier molecular flexibility index (Phi) is 6.46. The van der Waals surface area contributed by atoms with Crippen molar-refractivity contribution in [3.63, 3.8) is 0 Å². The summed E-state index contributed by atoms with van der Waals surface area (Å²) in [6.07, 6.45) is 1.60. The number of carbonyl (C=O) groups is 3. The maximum Gasteiger partial charge on any atom is 0.293 e. The number of imide groups is 1. The molecule has 0 aromatic heterocycles. The summed E-state index contributed by atoms with van der Waals surface area (Å²) < 4.78 is 10.5. The van der Waals surface area contributed by atoms with E-state index >= 15 is 0 Å². The predicted octanol–water partition coefficient (Wildman–Crippen LogP) is 3.45. The minimum Gasteiger partial charge on any atom is -0.493 e. The van der Waals surface area contributed by atoms with Crippen LogP contribution in [-0.4, -0.2) is 35.7 Å². The zero-order valence-corrected chi connectivity index (χ0v) is 17.0. The second-order valence-corrected chi connectivity index (χ2v) is 7.49. The normalized spacial score (nSPS) is 15.1. The lowest BCUT2D eigenvalue weighted by atomic mass is 10.1. The van der Waals surface area contributed by atoms with Crippen LogP contribution in [0.1, 0.15) is 11.1 Å². The van der Waals surface area contributed by atoms with E-state index < -0.39 is 5.91 Å². The van der Waals surface area contributed by atoms with E-state index in [0.717, 1.165) is 17.3 Å². The first-order valence-electron chi connectivity index (χ1n) is 8.46. The topological polar surface area (TPSA) is 98.9 Å². The van der Waals surface area contributed by atoms with Crippen LogP contribution >= 0.6 is 23.4 Å². The van der Waals surface area contributed by atoms with Crippen LogP contribution in [0.25, 0.3) is 6.08 Å². The minimum absolute atomic E-state index is 0.145. The number of methoxy groups -OCH3 is 1. The SMILES string of the molecule is COc1cc(/C=C2\SC(=O)N(Cc3cccc(Cl)c3)C2=O)ccc1OCC(N)=O. The van der Waals surface area contributed by atoms with Gasteiger partial charge in [-0.25, -0.2) is 0 Å². The molecule has 1 fully saturated rings. The first-order chi connectivity index (χ1) is 13.9. The number of amides is 3.